The summed E-state index contributed by atoms with van der Waals surface area (Å²) in [6, 6.07) is 0.227. The van der Waals surface area contributed by atoms with Crippen LogP contribution in [-0.4, -0.2) is 51.5 Å². The topological polar surface area (TPSA) is 91.6 Å². The summed E-state index contributed by atoms with van der Waals surface area (Å²) in [6.45, 7) is -0.456. The number of halogens is 2. The zero-order valence-electron chi connectivity index (χ0n) is 10.4. The number of piperazine rings is 1. The van der Waals surface area contributed by atoms with Crippen LogP contribution in [0.3, 0.4) is 0 Å². The molecule has 2 heterocycles. The van der Waals surface area contributed by atoms with Gasteiger partial charge < -0.3 is 19.9 Å². The van der Waals surface area contributed by atoms with Gasteiger partial charge in [0.25, 0.3) is 5.91 Å². The Balaban J connectivity index is 2.36. The van der Waals surface area contributed by atoms with Crippen molar-refractivity contribution in [2.24, 2.45) is 7.05 Å². The summed E-state index contributed by atoms with van der Waals surface area (Å²) in [5.41, 5.74) is 0.126. The van der Waals surface area contributed by atoms with Crippen molar-refractivity contribution in [3.05, 3.63) is 21.9 Å². The Morgan fingerprint density at radius 2 is 2.10 bits per heavy atom. The molecule has 0 spiro atoms. The highest BCUT2D eigenvalue weighted by atomic mass is 35.5. The summed E-state index contributed by atoms with van der Waals surface area (Å²) in [5, 5.41) is 11.9. The zero-order valence-corrected chi connectivity index (χ0v) is 11.9. The van der Waals surface area contributed by atoms with Crippen LogP contribution in [0.5, 0.6) is 0 Å². The van der Waals surface area contributed by atoms with E-state index in [2.05, 4.69) is 5.32 Å². The van der Waals surface area contributed by atoms with E-state index in [0.29, 0.717) is 0 Å². The lowest BCUT2D eigenvalue weighted by molar-refractivity contribution is -0.144. The number of rotatable bonds is 2. The number of carbonyl (C=O) groups excluding carboxylic acids is 2. The largest absolute Gasteiger partial charge is 0.480 e. The highest BCUT2D eigenvalue weighted by molar-refractivity contribution is 6.41. The van der Waals surface area contributed by atoms with Crippen LogP contribution in [0, 0.1) is 0 Å². The van der Waals surface area contributed by atoms with Crippen LogP contribution >= 0.6 is 23.2 Å². The fraction of sp³-hybridized carbons (Fsp3) is 0.364. The van der Waals surface area contributed by atoms with Crippen molar-refractivity contribution in [3.63, 3.8) is 0 Å². The van der Waals surface area contributed by atoms with Crippen molar-refractivity contribution in [2.75, 3.05) is 13.1 Å². The van der Waals surface area contributed by atoms with Crippen molar-refractivity contribution >= 4 is 41.0 Å². The molecule has 2 N–H and O–H groups in total. The first-order chi connectivity index (χ1) is 9.32. The third kappa shape index (κ3) is 2.46. The van der Waals surface area contributed by atoms with E-state index in [0.717, 1.165) is 4.90 Å². The SMILES string of the molecule is Cn1c(C(=O)N2CC(=O)NCC2C(=O)O)cc(Cl)c1Cl. The highest BCUT2D eigenvalue weighted by Gasteiger charge is 2.36. The molecule has 9 heteroatoms. The van der Waals surface area contributed by atoms with Gasteiger partial charge in [-0.05, 0) is 6.07 Å². The number of hydrogen-bond acceptors (Lipinski definition) is 3. The molecular weight excluding hydrogens is 309 g/mol. The molecule has 0 radical (unpaired) electrons. The molecule has 1 aromatic heterocycles. The van der Waals surface area contributed by atoms with Crippen molar-refractivity contribution < 1.29 is 19.5 Å². The fourth-order valence-corrected chi connectivity index (χ4v) is 2.35. The molecular formula is C11H11Cl2N3O4. The van der Waals surface area contributed by atoms with Gasteiger partial charge in [-0.25, -0.2) is 4.79 Å². The van der Waals surface area contributed by atoms with E-state index in [9.17, 15) is 14.4 Å². The van der Waals surface area contributed by atoms with Gasteiger partial charge in [0.1, 0.15) is 23.4 Å². The minimum Gasteiger partial charge on any atom is -0.480 e. The highest BCUT2D eigenvalue weighted by Crippen LogP contribution is 2.26. The maximum absolute atomic E-state index is 12.4. The Kier molecular flexibility index (Phi) is 3.92. The Labute approximate surface area is 124 Å². The van der Waals surface area contributed by atoms with Crippen LogP contribution in [0.1, 0.15) is 10.5 Å². The van der Waals surface area contributed by atoms with Gasteiger partial charge in [0, 0.05) is 13.6 Å². The number of amides is 2. The predicted octanol–water partition coefficient (Wildman–Crippen LogP) is 0.357. The quantitative estimate of drug-likeness (QED) is 0.823. The molecule has 1 saturated heterocycles. The molecule has 1 aliphatic rings. The summed E-state index contributed by atoms with van der Waals surface area (Å²) in [7, 11) is 1.53. The predicted molar refractivity (Wildman–Crippen MR) is 70.9 cm³/mol. The monoisotopic (exact) mass is 319 g/mol. The Morgan fingerprint density at radius 3 is 2.60 bits per heavy atom. The van der Waals surface area contributed by atoms with E-state index in [1.165, 1.54) is 17.7 Å². The molecule has 1 fully saturated rings. The summed E-state index contributed by atoms with van der Waals surface area (Å²) in [6.07, 6.45) is 0. The average molecular weight is 320 g/mol. The van der Waals surface area contributed by atoms with Crippen molar-refractivity contribution in [3.8, 4) is 0 Å². The summed E-state index contributed by atoms with van der Waals surface area (Å²) in [5.74, 6) is -2.21. The first-order valence-electron chi connectivity index (χ1n) is 5.64. The third-order valence-corrected chi connectivity index (χ3v) is 3.91. The number of carboxylic acid groups (broad SMARTS) is 1. The smallest absolute Gasteiger partial charge is 0.328 e. The Morgan fingerprint density at radius 1 is 1.45 bits per heavy atom. The maximum Gasteiger partial charge on any atom is 0.328 e. The first-order valence-corrected chi connectivity index (χ1v) is 6.39. The minimum absolute atomic E-state index is 0.126. The zero-order chi connectivity index (χ0) is 15.0. The van der Waals surface area contributed by atoms with Gasteiger partial charge in [0.15, 0.2) is 0 Å². The molecule has 0 bridgehead atoms. The molecule has 20 heavy (non-hydrogen) atoms. The number of nitrogens with one attached hydrogen (secondary N) is 1. The van der Waals surface area contributed by atoms with E-state index in [1.54, 1.807) is 0 Å². The molecule has 1 unspecified atom stereocenters. The molecule has 2 amide bonds. The fourth-order valence-electron chi connectivity index (χ4n) is 1.97. The molecule has 7 nitrogen and oxygen atoms in total. The number of nitrogens with zero attached hydrogens (tertiary/aromatic N) is 2. The van der Waals surface area contributed by atoms with Crippen LogP contribution in [0.25, 0.3) is 0 Å². The maximum atomic E-state index is 12.4. The van der Waals surface area contributed by atoms with Gasteiger partial charge in [-0.2, -0.15) is 0 Å². The Bertz CT molecular complexity index is 599. The standard InChI is InChI=1S/C11H11Cl2N3O4/c1-15-6(2-5(12)9(15)13)10(18)16-4-8(17)14-3-7(16)11(19)20/h2,7H,3-4H2,1H3,(H,14,17)(H,19,20). The Hall–Kier alpha value is -1.73. The van der Waals surface area contributed by atoms with Crippen molar-refractivity contribution in [1.82, 2.24) is 14.8 Å². The van der Waals surface area contributed by atoms with Crippen LogP contribution in [-0.2, 0) is 16.6 Å². The minimum atomic E-state index is -1.19. The molecule has 0 aliphatic carbocycles. The first kappa shape index (κ1) is 14.7. The second-order valence-corrected chi connectivity index (χ2v) is 5.08. The molecule has 1 atom stereocenters. The summed E-state index contributed by atoms with van der Waals surface area (Å²) < 4.78 is 1.34. The van der Waals surface area contributed by atoms with E-state index >= 15 is 0 Å². The number of carbonyl (C=O) groups is 3. The lowest BCUT2D eigenvalue weighted by Gasteiger charge is -2.32. The lowest BCUT2D eigenvalue weighted by Crippen LogP contribution is -2.59. The van der Waals surface area contributed by atoms with Crippen molar-refractivity contribution in [1.29, 1.82) is 0 Å². The van der Waals surface area contributed by atoms with Crippen LogP contribution in [0.4, 0.5) is 0 Å². The third-order valence-electron chi connectivity index (χ3n) is 3.06. The summed E-state index contributed by atoms with van der Waals surface area (Å²) in [4.78, 5) is 35.9. The average Bonchev–Trinajstić information content (AvgIpc) is 2.65. The van der Waals surface area contributed by atoms with Crippen LogP contribution < -0.4 is 5.32 Å². The summed E-state index contributed by atoms with van der Waals surface area (Å²) >= 11 is 11.7. The second-order valence-electron chi connectivity index (χ2n) is 4.32. The van der Waals surface area contributed by atoms with Crippen LogP contribution in [0.2, 0.25) is 10.2 Å². The molecule has 2 rings (SSSR count). The molecule has 1 aromatic rings. The van der Waals surface area contributed by atoms with E-state index in [-0.39, 0.29) is 29.0 Å². The second kappa shape index (κ2) is 5.34. The number of aliphatic carboxylic acids is 1. The van der Waals surface area contributed by atoms with E-state index < -0.39 is 23.8 Å². The van der Waals surface area contributed by atoms with Crippen LogP contribution in [0.15, 0.2) is 6.07 Å². The van der Waals surface area contributed by atoms with E-state index in [1.807, 2.05) is 0 Å². The van der Waals surface area contributed by atoms with Gasteiger partial charge >= 0.3 is 5.97 Å². The van der Waals surface area contributed by atoms with Gasteiger partial charge in [-0.15, -0.1) is 0 Å². The number of carboxylic acids is 1. The number of aromatic nitrogens is 1. The van der Waals surface area contributed by atoms with Gasteiger partial charge in [-0.3, -0.25) is 9.59 Å². The van der Waals surface area contributed by atoms with Gasteiger partial charge in [0.05, 0.1) is 5.02 Å². The molecule has 0 saturated carbocycles. The lowest BCUT2D eigenvalue weighted by atomic mass is 10.1. The van der Waals surface area contributed by atoms with Gasteiger partial charge in [0.2, 0.25) is 5.91 Å². The number of hydrogen-bond donors (Lipinski definition) is 2. The molecule has 1 aliphatic heterocycles. The molecule has 108 valence electrons. The van der Waals surface area contributed by atoms with E-state index in [4.69, 9.17) is 28.3 Å². The van der Waals surface area contributed by atoms with Crippen molar-refractivity contribution in [2.45, 2.75) is 6.04 Å². The van der Waals surface area contributed by atoms with Gasteiger partial charge in [-0.1, -0.05) is 23.2 Å². The normalized spacial score (nSPS) is 18.9. The molecule has 0 aromatic carbocycles.